The summed E-state index contributed by atoms with van der Waals surface area (Å²) >= 11 is 0. The van der Waals surface area contributed by atoms with Crippen molar-refractivity contribution in [3.63, 3.8) is 0 Å². The summed E-state index contributed by atoms with van der Waals surface area (Å²) in [4.78, 5) is 23.7. The van der Waals surface area contributed by atoms with Gasteiger partial charge in [0.2, 0.25) is 5.91 Å². The quantitative estimate of drug-likeness (QED) is 0.870. The first-order valence-electron chi connectivity index (χ1n) is 7.87. The van der Waals surface area contributed by atoms with Gasteiger partial charge < -0.3 is 10.4 Å². The Morgan fingerprint density at radius 2 is 1.77 bits per heavy atom. The number of anilines is 1. The van der Waals surface area contributed by atoms with Crippen LogP contribution in [0, 0.1) is 10.8 Å². The van der Waals surface area contributed by atoms with E-state index in [1.807, 2.05) is 0 Å². The number of benzene rings is 1. The molecule has 0 saturated heterocycles. The van der Waals surface area contributed by atoms with Gasteiger partial charge in [0.15, 0.2) is 0 Å². The molecule has 0 aromatic heterocycles. The van der Waals surface area contributed by atoms with Crippen LogP contribution < -0.4 is 5.32 Å². The normalized spacial score (nSPS) is 23.8. The van der Waals surface area contributed by atoms with E-state index in [1.165, 1.54) is 12.5 Å². The van der Waals surface area contributed by atoms with Gasteiger partial charge >= 0.3 is 5.97 Å². The van der Waals surface area contributed by atoms with Crippen LogP contribution >= 0.6 is 0 Å². The molecular formula is C18H25NO3. The zero-order chi connectivity index (χ0) is 16.4. The Kier molecular flexibility index (Phi) is 4.59. The van der Waals surface area contributed by atoms with Crippen LogP contribution in [0.4, 0.5) is 5.69 Å². The molecule has 120 valence electrons. The van der Waals surface area contributed by atoms with Crippen LogP contribution in [0.2, 0.25) is 0 Å². The molecule has 1 atom stereocenters. The van der Waals surface area contributed by atoms with Crippen molar-refractivity contribution in [1.29, 1.82) is 0 Å². The first kappa shape index (κ1) is 16.5. The Morgan fingerprint density at radius 3 is 2.41 bits per heavy atom. The Labute approximate surface area is 131 Å². The Bertz CT molecular complexity index is 579. The van der Waals surface area contributed by atoms with Crippen molar-refractivity contribution >= 4 is 17.6 Å². The zero-order valence-electron chi connectivity index (χ0n) is 13.6. The predicted molar refractivity (Wildman–Crippen MR) is 87.0 cm³/mol. The highest BCUT2D eigenvalue weighted by atomic mass is 16.4. The van der Waals surface area contributed by atoms with Gasteiger partial charge in [-0.2, -0.15) is 0 Å². The molecule has 22 heavy (non-hydrogen) atoms. The number of rotatable bonds is 4. The summed E-state index contributed by atoms with van der Waals surface area (Å²) in [5.41, 5.74) is 0.573. The van der Waals surface area contributed by atoms with Crippen LogP contribution in [0.3, 0.4) is 0 Å². The third-order valence-corrected chi connectivity index (χ3v) is 5.40. The number of hydrogen-bond acceptors (Lipinski definition) is 2. The summed E-state index contributed by atoms with van der Waals surface area (Å²) in [6.07, 6.45) is 4.95. The number of carboxylic acids is 1. The molecule has 4 nitrogen and oxygen atoms in total. The lowest BCUT2D eigenvalue weighted by molar-refractivity contribution is -0.121. The molecule has 0 bridgehead atoms. The van der Waals surface area contributed by atoms with E-state index < -0.39 is 5.97 Å². The summed E-state index contributed by atoms with van der Waals surface area (Å²) < 4.78 is 0. The molecule has 4 heteroatoms. The fourth-order valence-corrected chi connectivity index (χ4v) is 3.38. The minimum Gasteiger partial charge on any atom is -0.478 e. The van der Waals surface area contributed by atoms with Crippen LogP contribution in [0.1, 0.15) is 63.2 Å². The number of amides is 1. The fraction of sp³-hybridized carbons (Fsp3) is 0.556. The average molecular weight is 303 g/mol. The maximum atomic E-state index is 12.4. The molecule has 1 amide bonds. The number of aromatic carboxylic acids is 1. The molecule has 2 rings (SSSR count). The van der Waals surface area contributed by atoms with Crippen molar-refractivity contribution in [1.82, 2.24) is 0 Å². The zero-order valence-corrected chi connectivity index (χ0v) is 13.6. The number of carbonyl (C=O) groups excluding carboxylic acids is 1. The van der Waals surface area contributed by atoms with Gasteiger partial charge in [-0.15, -0.1) is 0 Å². The molecule has 0 aliphatic heterocycles. The Hall–Kier alpha value is -1.84. The predicted octanol–water partition coefficient (Wildman–Crippen LogP) is 4.32. The van der Waals surface area contributed by atoms with E-state index in [0.717, 1.165) is 19.3 Å². The van der Waals surface area contributed by atoms with E-state index >= 15 is 0 Å². The van der Waals surface area contributed by atoms with Gasteiger partial charge in [-0.25, -0.2) is 4.79 Å². The van der Waals surface area contributed by atoms with Gasteiger partial charge in [0.05, 0.1) is 11.3 Å². The third-order valence-electron chi connectivity index (χ3n) is 5.40. The number of carboxylic acid groups (broad SMARTS) is 1. The summed E-state index contributed by atoms with van der Waals surface area (Å²) in [6.45, 7) is 6.63. The molecule has 0 radical (unpaired) electrons. The second-order valence-corrected chi connectivity index (χ2v) is 7.23. The molecule has 1 unspecified atom stereocenters. The molecule has 1 saturated carbocycles. The van der Waals surface area contributed by atoms with Crippen LogP contribution in [0.25, 0.3) is 0 Å². The number of hydrogen-bond donors (Lipinski definition) is 2. The van der Waals surface area contributed by atoms with Gasteiger partial charge in [0.25, 0.3) is 0 Å². The number of carbonyl (C=O) groups is 2. The van der Waals surface area contributed by atoms with E-state index in [1.54, 1.807) is 18.2 Å². The van der Waals surface area contributed by atoms with Crippen LogP contribution in [0.5, 0.6) is 0 Å². The largest absolute Gasteiger partial charge is 0.478 e. The highest BCUT2D eigenvalue weighted by Gasteiger charge is 2.43. The first-order chi connectivity index (χ1) is 10.3. The lowest BCUT2D eigenvalue weighted by atomic mass is 9.57. The summed E-state index contributed by atoms with van der Waals surface area (Å²) in [7, 11) is 0. The number of nitrogens with one attached hydrogen (secondary N) is 1. The Balaban J connectivity index is 2.12. The third kappa shape index (κ3) is 3.32. The molecule has 1 aliphatic carbocycles. The topological polar surface area (TPSA) is 66.4 Å². The van der Waals surface area contributed by atoms with Gasteiger partial charge in [-0.05, 0) is 35.8 Å². The van der Waals surface area contributed by atoms with Gasteiger partial charge in [-0.1, -0.05) is 45.7 Å². The lowest BCUT2D eigenvalue weighted by Gasteiger charge is -2.48. The maximum Gasteiger partial charge on any atom is 0.337 e. The van der Waals surface area contributed by atoms with E-state index in [4.69, 9.17) is 0 Å². The van der Waals surface area contributed by atoms with Crippen molar-refractivity contribution < 1.29 is 14.7 Å². The van der Waals surface area contributed by atoms with Crippen LogP contribution in [-0.2, 0) is 4.79 Å². The molecule has 0 spiro atoms. The van der Waals surface area contributed by atoms with Gasteiger partial charge in [-0.3, -0.25) is 4.79 Å². The smallest absolute Gasteiger partial charge is 0.337 e. The first-order valence-corrected chi connectivity index (χ1v) is 7.87. The SMILES string of the molecule is CC1(C)CCCCC1(C)CC(=O)Nc1ccccc1C(=O)O. The van der Waals surface area contributed by atoms with Crippen molar-refractivity contribution in [2.45, 2.75) is 52.9 Å². The highest BCUT2D eigenvalue weighted by Crippen LogP contribution is 2.52. The van der Waals surface area contributed by atoms with Crippen LogP contribution in [-0.4, -0.2) is 17.0 Å². The average Bonchev–Trinajstić information content (AvgIpc) is 2.42. The molecule has 2 N–H and O–H groups in total. The van der Waals surface area contributed by atoms with Crippen LogP contribution in [0.15, 0.2) is 24.3 Å². The molecule has 1 aromatic rings. The monoisotopic (exact) mass is 303 g/mol. The fourth-order valence-electron chi connectivity index (χ4n) is 3.38. The highest BCUT2D eigenvalue weighted by molar-refractivity contribution is 6.00. The molecule has 1 aromatic carbocycles. The van der Waals surface area contributed by atoms with Gasteiger partial charge in [0, 0.05) is 6.42 Å². The molecule has 1 fully saturated rings. The minimum atomic E-state index is -1.03. The van der Waals surface area contributed by atoms with Gasteiger partial charge in [0.1, 0.15) is 0 Å². The Morgan fingerprint density at radius 1 is 1.14 bits per heavy atom. The summed E-state index contributed by atoms with van der Waals surface area (Å²) in [6, 6.07) is 6.53. The van der Waals surface area contributed by atoms with E-state index in [0.29, 0.717) is 12.1 Å². The van der Waals surface area contributed by atoms with Crippen molar-refractivity contribution in [2.24, 2.45) is 10.8 Å². The van der Waals surface area contributed by atoms with E-state index in [2.05, 4.69) is 26.1 Å². The van der Waals surface area contributed by atoms with Crippen molar-refractivity contribution in [3.8, 4) is 0 Å². The number of para-hydroxylation sites is 1. The molecular weight excluding hydrogens is 278 g/mol. The lowest BCUT2D eigenvalue weighted by Crippen LogP contribution is -2.41. The van der Waals surface area contributed by atoms with E-state index in [9.17, 15) is 14.7 Å². The second-order valence-electron chi connectivity index (χ2n) is 7.23. The van der Waals surface area contributed by atoms with E-state index in [-0.39, 0.29) is 22.3 Å². The molecule has 1 aliphatic rings. The van der Waals surface area contributed by atoms with Crippen molar-refractivity contribution in [2.75, 3.05) is 5.32 Å². The second kappa shape index (κ2) is 6.11. The molecule has 0 heterocycles. The maximum absolute atomic E-state index is 12.4. The standard InChI is InChI=1S/C18H25NO3/c1-17(2)10-6-7-11-18(17,3)12-15(20)19-14-9-5-4-8-13(14)16(21)22/h4-5,8-9H,6-7,10-12H2,1-3H3,(H,19,20)(H,21,22). The van der Waals surface area contributed by atoms with Crippen molar-refractivity contribution in [3.05, 3.63) is 29.8 Å². The summed E-state index contributed by atoms with van der Waals surface area (Å²) in [5.74, 6) is -1.13. The minimum absolute atomic E-state index is 0.0481. The summed E-state index contributed by atoms with van der Waals surface area (Å²) in [5, 5.41) is 12.0.